The summed E-state index contributed by atoms with van der Waals surface area (Å²) < 4.78 is 0. The maximum Gasteiger partial charge on any atom is 0.0788 e. The largest absolute Gasteiger partial charge is 0.374 e. The minimum Gasteiger partial charge on any atom is -0.374 e. The van der Waals surface area contributed by atoms with Crippen LogP contribution in [0.5, 0.6) is 0 Å². The molecule has 244 valence electrons. The quantitative estimate of drug-likeness (QED) is 0.190. The molecule has 1 aliphatic carbocycles. The van der Waals surface area contributed by atoms with Gasteiger partial charge in [-0.3, -0.25) is 0 Å². The van der Waals surface area contributed by atoms with Crippen molar-refractivity contribution >= 4 is 59.7 Å². The van der Waals surface area contributed by atoms with E-state index in [1.165, 1.54) is 82.0 Å². The van der Waals surface area contributed by atoms with Gasteiger partial charge in [0.1, 0.15) is 0 Å². The van der Waals surface area contributed by atoms with Gasteiger partial charge in [-0.15, -0.1) is 0 Å². The van der Waals surface area contributed by atoms with Crippen LogP contribution < -0.4 is 5.32 Å². The third-order valence-corrected chi connectivity index (χ3v) is 11.3. The Kier molecular flexibility index (Phi) is 6.47. The predicted octanol–water partition coefficient (Wildman–Crippen LogP) is 13.3. The van der Waals surface area contributed by atoms with Crippen molar-refractivity contribution in [1.82, 2.24) is 4.98 Å². The summed E-state index contributed by atoms with van der Waals surface area (Å²) in [6.07, 6.45) is 8.22. The maximum atomic E-state index is 5.31. The van der Waals surface area contributed by atoms with E-state index in [0.29, 0.717) is 0 Å². The Morgan fingerprint density at radius 2 is 1.23 bits per heavy atom. The molecule has 2 unspecified atom stereocenters. The van der Waals surface area contributed by atoms with Crippen LogP contribution in [0.25, 0.3) is 76.4 Å². The Morgan fingerprint density at radius 3 is 2.08 bits per heavy atom. The summed E-state index contributed by atoms with van der Waals surface area (Å²) in [7, 11) is 0. The topological polar surface area (TPSA) is 24.9 Å². The zero-order valence-electron chi connectivity index (χ0n) is 28.6. The van der Waals surface area contributed by atoms with Gasteiger partial charge in [-0.05, 0) is 85.3 Å². The molecular weight excluding hydrogens is 629 g/mol. The Morgan fingerprint density at radius 1 is 0.538 bits per heavy atom. The second-order valence-corrected chi connectivity index (χ2v) is 14.3. The van der Waals surface area contributed by atoms with Crippen LogP contribution in [0.3, 0.4) is 0 Å². The summed E-state index contributed by atoms with van der Waals surface area (Å²) in [5.41, 5.74) is 11.0. The molecule has 0 spiro atoms. The highest BCUT2D eigenvalue weighted by atomic mass is 14.9. The van der Waals surface area contributed by atoms with Gasteiger partial charge in [0.25, 0.3) is 0 Å². The van der Waals surface area contributed by atoms with Crippen LogP contribution >= 0.6 is 0 Å². The van der Waals surface area contributed by atoms with E-state index in [-0.39, 0.29) is 12.0 Å². The molecule has 0 fully saturated rings. The molecule has 0 saturated carbocycles. The lowest BCUT2D eigenvalue weighted by Gasteiger charge is -2.34. The molecule has 2 aliphatic rings. The van der Waals surface area contributed by atoms with E-state index in [1.54, 1.807) is 0 Å². The third kappa shape index (κ3) is 4.47. The van der Waals surface area contributed by atoms with E-state index in [4.69, 9.17) is 4.98 Å². The van der Waals surface area contributed by atoms with Crippen LogP contribution in [-0.2, 0) is 0 Å². The molecule has 2 heteroatoms. The van der Waals surface area contributed by atoms with E-state index in [0.717, 1.165) is 23.2 Å². The van der Waals surface area contributed by atoms with Crippen molar-refractivity contribution in [1.29, 1.82) is 0 Å². The Bertz CT molecular complexity index is 2970. The number of para-hydroxylation sites is 1. The number of benzene rings is 8. The van der Waals surface area contributed by atoms with Gasteiger partial charge in [-0.1, -0.05) is 152 Å². The number of allylic oxidation sites excluding steroid dienone is 2. The van der Waals surface area contributed by atoms with Gasteiger partial charge in [-0.2, -0.15) is 0 Å². The molecule has 0 amide bonds. The molecule has 1 aliphatic heterocycles. The lowest BCUT2D eigenvalue weighted by atomic mass is 9.79. The van der Waals surface area contributed by atoms with Crippen LogP contribution in [0.4, 0.5) is 5.69 Å². The number of hydrogen-bond donors (Lipinski definition) is 1. The van der Waals surface area contributed by atoms with Crippen molar-refractivity contribution in [3.63, 3.8) is 0 Å². The first kappa shape index (κ1) is 29.2. The zero-order chi connectivity index (χ0) is 34.2. The fraction of sp³-hybridized carbons (Fsp3) is 0.0600. The number of nitrogens with one attached hydrogen (secondary N) is 1. The molecule has 2 heterocycles. The minimum atomic E-state index is 0.0181. The SMILES string of the molecule is C1=CC(C2Nc3cc4ccccc4cc3-c3c2ccc2ccccc32)=CC(c2cc3c(-c4ccccc4)nc4ccccc4c3c3ccccc23)C1. The molecule has 8 aromatic carbocycles. The molecule has 1 N–H and O–H groups in total. The lowest BCUT2D eigenvalue weighted by Crippen LogP contribution is -2.20. The van der Waals surface area contributed by atoms with Crippen LogP contribution in [0.2, 0.25) is 0 Å². The van der Waals surface area contributed by atoms with Crippen molar-refractivity contribution in [3.05, 3.63) is 193 Å². The van der Waals surface area contributed by atoms with Gasteiger partial charge in [0.15, 0.2) is 0 Å². The van der Waals surface area contributed by atoms with Crippen LogP contribution in [0.1, 0.15) is 29.5 Å². The molecular formula is C50H34N2. The normalized spacial score (nSPS) is 16.6. The van der Waals surface area contributed by atoms with Crippen LogP contribution in [0.15, 0.2) is 182 Å². The fourth-order valence-corrected chi connectivity index (χ4v) is 8.97. The summed E-state index contributed by atoms with van der Waals surface area (Å²) >= 11 is 0. The first-order valence-electron chi connectivity index (χ1n) is 18.3. The average molecular weight is 663 g/mol. The van der Waals surface area contributed by atoms with Crippen LogP contribution in [0, 0.1) is 0 Å². The molecule has 52 heavy (non-hydrogen) atoms. The van der Waals surface area contributed by atoms with E-state index in [1.807, 2.05) is 0 Å². The predicted molar refractivity (Wildman–Crippen MR) is 220 cm³/mol. The van der Waals surface area contributed by atoms with Crippen molar-refractivity contribution in [2.75, 3.05) is 5.32 Å². The fourth-order valence-electron chi connectivity index (χ4n) is 8.97. The molecule has 0 radical (unpaired) electrons. The lowest BCUT2D eigenvalue weighted by molar-refractivity contribution is 0.817. The van der Waals surface area contributed by atoms with Gasteiger partial charge in [-0.25, -0.2) is 4.98 Å². The molecule has 0 saturated heterocycles. The van der Waals surface area contributed by atoms with E-state index >= 15 is 0 Å². The number of fused-ring (bicyclic) bond motifs is 11. The number of hydrogen-bond acceptors (Lipinski definition) is 2. The highest BCUT2D eigenvalue weighted by Crippen LogP contribution is 2.50. The van der Waals surface area contributed by atoms with Crippen LogP contribution in [-0.4, -0.2) is 4.98 Å². The molecule has 9 aromatic rings. The number of anilines is 1. The smallest absolute Gasteiger partial charge is 0.0788 e. The first-order chi connectivity index (χ1) is 25.8. The molecule has 2 nitrogen and oxygen atoms in total. The van der Waals surface area contributed by atoms with Gasteiger partial charge < -0.3 is 5.32 Å². The second kappa shape index (κ2) is 11.5. The van der Waals surface area contributed by atoms with Crippen molar-refractivity contribution in [2.45, 2.75) is 18.4 Å². The third-order valence-electron chi connectivity index (χ3n) is 11.3. The van der Waals surface area contributed by atoms with Gasteiger partial charge in [0.2, 0.25) is 0 Å². The summed E-state index contributed by atoms with van der Waals surface area (Å²) in [5.74, 6) is 0.202. The summed E-state index contributed by atoms with van der Waals surface area (Å²) in [5, 5.41) is 15.4. The van der Waals surface area contributed by atoms with Crippen molar-refractivity contribution in [2.24, 2.45) is 0 Å². The highest BCUT2D eigenvalue weighted by molar-refractivity contribution is 6.23. The molecule has 11 rings (SSSR count). The van der Waals surface area contributed by atoms with E-state index in [9.17, 15) is 0 Å². The number of aromatic nitrogens is 1. The standard InChI is InChI=1S/C50H34N2/c1-2-14-32(15-3-1)49-44-30-42(38-21-8-9-22-39(38)48(44)40-23-10-11-24-45(40)51-49)35-18-12-19-36(27-35)50-41-26-25-31-13-6-7-20-37(31)47(41)43-28-33-16-4-5-17-34(33)29-46(43)52-50/h1-17,19-30,35,50,52H,18H2. The highest BCUT2D eigenvalue weighted by Gasteiger charge is 2.30. The summed E-state index contributed by atoms with van der Waals surface area (Å²) in [6.45, 7) is 0. The number of rotatable bonds is 3. The van der Waals surface area contributed by atoms with Gasteiger partial charge in [0.05, 0.1) is 17.3 Å². The Hall–Kier alpha value is -6.51. The summed E-state index contributed by atoms with van der Waals surface area (Å²) in [6, 6.07) is 57.6. The van der Waals surface area contributed by atoms with E-state index < -0.39 is 0 Å². The summed E-state index contributed by atoms with van der Waals surface area (Å²) in [4.78, 5) is 5.31. The van der Waals surface area contributed by atoms with E-state index in [2.05, 4.69) is 181 Å². The van der Waals surface area contributed by atoms with Gasteiger partial charge in [0, 0.05) is 38.9 Å². The Balaban J connectivity index is 1.13. The minimum absolute atomic E-state index is 0.0181. The number of nitrogens with zero attached hydrogens (tertiary/aromatic N) is 1. The second-order valence-electron chi connectivity index (χ2n) is 14.3. The maximum absolute atomic E-state index is 5.31. The Labute approximate surface area is 302 Å². The first-order valence-corrected chi connectivity index (χ1v) is 18.3. The number of pyridine rings is 1. The molecule has 2 atom stereocenters. The van der Waals surface area contributed by atoms with Crippen molar-refractivity contribution < 1.29 is 0 Å². The average Bonchev–Trinajstić information content (AvgIpc) is 3.22. The molecule has 0 bridgehead atoms. The van der Waals surface area contributed by atoms with Gasteiger partial charge >= 0.3 is 0 Å². The molecule has 1 aromatic heterocycles. The zero-order valence-corrected chi connectivity index (χ0v) is 28.6. The monoisotopic (exact) mass is 662 g/mol. The van der Waals surface area contributed by atoms with Crippen molar-refractivity contribution in [3.8, 4) is 22.4 Å².